The van der Waals surface area contributed by atoms with Crippen molar-refractivity contribution >= 4 is 8.25 Å². The van der Waals surface area contributed by atoms with Crippen LogP contribution < -0.4 is 0 Å². The minimum atomic E-state index is -2.54. The molecule has 0 saturated carbocycles. The van der Waals surface area contributed by atoms with Gasteiger partial charge in [-0.2, -0.15) is 0 Å². The van der Waals surface area contributed by atoms with E-state index in [-0.39, 0.29) is 5.41 Å². The van der Waals surface area contributed by atoms with Gasteiger partial charge in [0.15, 0.2) is 0 Å². The molecule has 4 heteroatoms. The lowest BCUT2D eigenvalue weighted by Gasteiger charge is -2.42. The van der Waals surface area contributed by atoms with Gasteiger partial charge in [0.2, 0.25) is 0 Å². The Kier molecular flexibility index (Phi) is 10.7. The van der Waals surface area contributed by atoms with E-state index in [1.54, 1.807) is 0 Å². The van der Waals surface area contributed by atoms with Gasteiger partial charge in [-0.15, -0.1) is 9.42 Å². The molecule has 0 spiro atoms. The molecule has 0 aliphatic heterocycles. The minimum Gasteiger partial charge on any atom is -0.133 e. The molecule has 0 amide bonds. The highest BCUT2D eigenvalue weighted by molar-refractivity contribution is 7.32. The highest BCUT2D eigenvalue weighted by atomic mass is 31.1. The molecular formula is C18H38O3P+. The van der Waals surface area contributed by atoms with E-state index >= 15 is 0 Å². The van der Waals surface area contributed by atoms with Gasteiger partial charge in [-0.1, -0.05) is 66.7 Å². The van der Waals surface area contributed by atoms with Crippen LogP contribution in [-0.4, -0.2) is 10.5 Å². The molecule has 0 heterocycles. The van der Waals surface area contributed by atoms with Gasteiger partial charge in [-0.05, 0) is 43.9 Å². The molecule has 0 bridgehead atoms. The second-order valence-electron chi connectivity index (χ2n) is 7.30. The van der Waals surface area contributed by atoms with E-state index in [4.69, 9.17) is 4.52 Å². The molecule has 3 atom stereocenters. The Hall–Kier alpha value is 0.0200. The van der Waals surface area contributed by atoms with Gasteiger partial charge in [-0.3, -0.25) is 0 Å². The van der Waals surface area contributed by atoms with Crippen molar-refractivity contribution in [3.63, 3.8) is 0 Å². The standard InChI is InChI=1S/C18H37O3P/c1-7-11-13-16(14-12-8-2)17(5,9-3)15-18(6,10-4)21-22(19)20/h16H,7-15H2,1-6H3/p+1. The molecule has 0 aliphatic carbocycles. The van der Waals surface area contributed by atoms with E-state index in [9.17, 15) is 9.46 Å². The number of unbranched alkanes of at least 4 members (excludes halogenated alkanes) is 2. The van der Waals surface area contributed by atoms with Gasteiger partial charge < -0.3 is 0 Å². The second kappa shape index (κ2) is 10.7. The lowest BCUT2D eigenvalue weighted by Crippen LogP contribution is -2.38. The molecule has 0 fully saturated rings. The maximum Gasteiger partial charge on any atom is 0.695 e. The molecule has 0 rings (SSSR count). The van der Waals surface area contributed by atoms with Crippen molar-refractivity contribution < 1.29 is 14.0 Å². The summed E-state index contributed by atoms with van der Waals surface area (Å²) >= 11 is 0. The van der Waals surface area contributed by atoms with Crippen molar-refractivity contribution in [3.8, 4) is 0 Å². The van der Waals surface area contributed by atoms with Crippen molar-refractivity contribution in [1.82, 2.24) is 0 Å². The quantitative estimate of drug-likeness (QED) is 0.385. The Morgan fingerprint density at radius 2 is 1.50 bits per heavy atom. The third kappa shape index (κ3) is 7.53. The fourth-order valence-electron chi connectivity index (χ4n) is 3.56. The summed E-state index contributed by atoms with van der Waals surface area (Å²) in [7, 11) is -2.54. The smallest absolute Gasteiger partial charge is 0.133 e. The van der Waals surface area contributed by atoms with Crippen molar-refractivity contribution in [2.45, 2.75) is 105 Å². The van der Waals surface area contributed by atoms with Gasteiger partial charge in [0, 0.05) is 4.57 Å². The summed E-state index contributed by atoms with van der Waals surface area (Å²) in [5.74, 6) is 0.670. The predicted molar refractivity (Wildman–Crippen MR) is 95.2 cm³/mol. The Balaban J connectivity index is 5.16. The highest BCUT2D eigenvalue weighted by Gasteiger charge is 2.43. The highest BCUT2D eigenvalue weighted by Crippen LogP contribution is 2.47. The Labute approximate surface area is 139 Å². The molecule has 0 aromatic heterocycles. The predicted octanol–water partition coefficient (Wildman–Crippen LogP) is 6.62. The minimum absolute atomic E-state index is 0.167. The maximum atomic E-state index is 11.2. The van der Waals surface area contributed by atoms with E-state index in [0.717, 1.165) is 19.3 Å². The summed E-state index contributed by atoms with van der Waals surface area (Å²) in [6.07, 6.45) is 10.2. The van der Waals surface area contributed by atoms with Crippen LogP contribution in [0.2, 0.25) is 0 Å². The largest absolute Gasteiger partial charge is 0.695 e. The van der Waals surface area contributed by atoms with Crippen molar-refractivity contribution in [1.29, 1.82) is 0 Å². The van der Waals surface area contributed by atoms with Crippen LogP contribution in [0, 0.1) is 11.3 Å². The lowest BCUT2D eigenvalue weighted by atomic mass is 9.65. The first-order valence-corrected chi connectivity index (χ1v) is 10.2. The van der Waals surface area contributed by atoms with Crippen molar-refractivity contribution in [2.75, 3.05) is 0 Å². The molecule has 0 aliphatic rings. The van der Waals surface area contributed by atoms with Crippen LogP contribution in [0.15, 0.2) is 0 Å². The first kappa shape index (κ1) is 22.0. The van der Waals surface area contributed by atoms with Gasteiger partial charge in [0.1, 0.15) is 5.60 Å². The fourth-order valence-corrected chi connectivity index (χ4v) is 4.14. The summed E-state index contributed by atoms with van der Waals surface area (Å²) < 4.78 is 16.6. The van der Waals surface area contributed by atoms with E-state index < -0.39 is 13.9 Å². The lowest BCUT2D eigenvalue weighted by molar-refractivity contribution is -0.00201. The number of rotatable bonds is 13. The van der Waals surface area contributed by atoms with Crippen LogP contribution in [-0.2, 0) is 9.09 Å². The molecule has 132 valence electrons. The molecule has 1 N–H and O–H groups in total. The van der Waals surface area contributed by atoms with E-state index in [1.165, 1.54) is 38.5 Å². The average molecular weight is 333 g/mol. The van der Waals surface area contributed by atoms with Gasteiger partial charge in [0.05, 0.1) is 0 Å². The summed E-state index contributed by atoms with van der Waals surface area (Å²) in [5, 5.41) is 0. The Morgan fingerprint density at radius 1 is 1.00 bits per heavy atom. The monoisotopic (exact) mass is 333 g/mol. The zero-order valence-electron chi connectivity index (χ0n) is 15.7. The van der Waals surface area contributed by atoms with Crippen LogP contribution in [0.4, 0.5) is 0 Å². The van der Waals surface area contributed by atoms with Crippen LogP contribution in [0.3, 0.4) is 0 Å². The van der Waals surface area contributed by atoms with Gasteiger partial charge in [0.25, 0.3) is 0 Å². The molecule has 0 saturated heterocycles. The Bertz CT molecular complexity index is 313. The van der Waals surface area contributed by atoms with E-state index in [2.05, 4.69) is 27.7 Å². The summed E-state index contributed by atoms with van der Waals surface area (Å²) in [6, 6.07) is 0. The molecule has 3 unspecified atom stereocenters. The summed E-state index contributed by atoms with van der Waals surface area (Å²) in [5.41, 5.74) is -0.343. The SMILES string of the molecule is CCCCC(CCCC)C(C)(CC)CC(C)(CC)O[P+](=O)O. The van der Waals surface area contributed by atoms with Crippen molar-refractivity contribution in [3.05, 3.63) is 0 Å². The molecule has 0 aromatic rings. The zero-order chi connectivity index (χ0) is 17.2. The molecule has 0 aromatic carbocycles. The van der Waals surface area contributed by atoms with Crippen LogP contribution >= 0.6 is 8.25 Å². The molecule has 22 heavy (non-hydrogen) atoms. The zero-order valence-corrected chi connectivity index (χ0v) is 16.5. The molecular weight excluding hydrogens is 295 g/mol. The normalized spacial score (nSPS) is 18.1. The fraction of sp³-hybridized carbons (Fsp3) is 1.00. The van der Waals surface area contributed by atoms with Crippen LogP contribution in [0.25, 0.3) is 0 Å². The third-order valence-corrected chi connectivity index (χ3v) is 6.03. The van der Waals surface area contributed by atoms with Crippen LogP contribution in [0.1, 0.15) is 99.3 Å². The van der Waals surface area contributed by atoms with E-state index in [1.807, 2.05) is 13.8 Å². The van der Waals surface area contributed by atoms with E-state index in [0.29, 0.717) is 5.92 Å². The molecule has 0 radical (unpaired) electrons. The van der Waals surface area contributed by atoms with Crippen molar-refractivity contribution in [2.24, 2.45) is 11.3 Å². The Morgan fingerprint density at radius 3 is 1.82 bits per heavy atom. The number of hydrogen-bond donors (Lipinski definition) is 1. The third-order valence-electron chi connectivity index (χ3n) is 5.43. The first-order valence-electron chi connectivity index (χ1n) is 9.12. The van der Waals surface area contributed by atoms with Gasteiger partial charge >= 0.3 is 8.25 Å². The average Bonchev–Trinajstić information content (AvgIpc) is 2.46. The molecule has 3 nitrogen and oxygen atoms in total. The topological polar surface area (TPSA) is 46.5 Å². The summed E-state index contributed by atoms with van der Waals surface area (Å²) in [6.45, 7) is 13.1. The second-order valence-corrected chi connectivity index (χ2v) is 7.96. The van der Waals surface area contributed by atoms with Gasteiger partial charge in [-0.25, -0.2) is 0 Å². The summed E-state index contributed by atoms with van der Waals surface area (Å²) in [4.78, 5) is 9.20. The first-order chi connectivity index (χ1) is 10.3. The van der Waals surface area contributed by atoms with Crippen LogP contribution in [0.5, 0.6) is 0 Å². The maximum absolute atomic E-state index is 11.2. The number of hydrogen-bond acceptors (Lipinski definition) is 2.